The second kappa shape index (κ2) is 4.79. The molecule has 2 rings (SSSR count). The minimum atomic E-state index is -0.104. The minimum absolute atomic E-state index is 0.104. The van der Waals surface area contributed by atoms with Gasteiger partial charge in [0.25, 0.3) is 0 Å². The largest absolute Gasteiger partial charge is 0.293 e. The van der Waals surface area contributed by atoms with E-state index in [1.807, 2.05) is 0 Å². The van der Waals surface area contributed by atoms with Crippen molar-refractivity contribution in [1.29, 1.82) is 0 Å². The number of thiophene rings is 1. The molecular formula is C12H14BrClOS. The molecule has 0 aromatic carbocycles. The van der Waals surface area contributed by atoms with E-state index in [-0.39, 0.29) is 5.41 Å². The second-order valence-corrected chi connectivity index (χ2v) is 7.18. The van der Waals surface area contributed by atoms with Crippen LogP contribution in [0.25, 0.3) is 0 Å². The topological polar surface area (TPSA) is 17.1 Å². The average Bonchev–Trinajstić information content (AvgIpc) is 2.87. The predicted molar refractivity (Wildman–Crippen MR) is 72.6 cm³/mol. The summed E-state index contributed by atoms with van der Waals surface area (Å²) in [5.74, 6) is 0.296. The van der Waals surface area contributed by atoms with Crippen molar-refractivity contribution in [3.8, 4) is 0 Å². The lowest BCUT2D eigenvalue weighted by Gasteiger charge is -2.24. The first-order chi connectivity index (χ1) is 7.59. The van der Waals surface area contributed by atoms with Gasteiger partial charge in [-0.1, -0.05) is 31.4 Å². The molecule has 4 heteroatoms. The molecule has 1 aliphatic carbocycles. The van der Waals surface area contributed by atoms with Gasteiger partial charge in [0.1, 0.15) is 0 Å². The maximum Gasteiger partial charge on any atom is 0.178 e. The van der Waals surface area contributed by atoms with Crippen molar-refractivity contribution in [2.24, 2.45) is 5.41 Å². The molecule has 0 radical (unpaired) electrons. The van der Waals surface area contributed by atoms with Crippen LogP contribution in [0.3, 0.4) is 0 Å². The summed E-state index contributed by atoms with van der Waals surface area (Å²) in [6.45, 7) is 2.12. The van der Waals surface area contributed by atoms with Gasteiger partial charge in [-0.25, -0.2) is 0 Å². The number of Topliss-reactive ketones (excluding diaryl/α,β-unsaturated/α-hetero) is 1. The molecule has 88 valence electrons. The SMILES string of the molecule is CCC1(C(=O)c2cc(Cl)c(Br)s2)CCCC1. The Morgan fingerprint density at radius 1 is 1.56 bits per heavy atom. The zero-order chi connectivity index (χ0) is 11.8. The highest BCUT2D eigenvalue weighted by Crippen LogP contribution is 2.45. The van der Waals surface area contributed by atoms with Crippen LogP contribution in [0.15, 0.2) is 9.85 Å². The summed E-state index contributed by atoms with van der Waals surface area (Å²) in [6, 6.07) is 1.80. The lowest BCUT2D eigenvalue weighted by atomic mass is 9.78. The van der Waals surface area contributed by atoms with Gasteiger partial charge in [-0.05, 0) is 41.3 Å². The Balaban J connectivity index is 2.30. The first-order valence-corrected chi connectivity index (χ1v) is 7.57. The van der Waals surface area contributed by atoms with Gasteiger partial charge in [0.15, 0.2) is 5.78 Å². The van der Waals surface area contributed by atoms with E-state index in [0.717, 1.165) is 27.9 Å². The average molecular weight is 322 g/mol. The van der Waals surface area contributed by atoms with E-state index in [1.165, 1.54) is 24.2 Å². The molecule has 1 aromatic rings. The molecule has 0 aliphatic heterocycles. The fourth-order valence-electron chi connectivity index (χ4n) is 2.51. The highest BCUT2D eigenvalue weighted by atomic mass is 79.9. The van der Waals surface area contributed by atoms with E-state index in [1.54, 1.807) is 6.07 Å². The number of carbonyl (C=O) groups is 1. The van der Waals surface area contributed by atoms with Crippen LogP contribution in [0.1, 0.15) is 48.7 Å². The van der Waals surface area contributed by atoms with Gasteiger partial charge in [0.2, 0.25) is 0 Å². The van der Waals surface area contributed by atoms with E-state index in [0.29, 0.717) is 10.8 Å². The third-order valence-electron chi connectivity index (χ3n) is 3.59. The highest BCUT2D eigenvalue weighted by Gasteiger charge is 2.40. The molecule has 1 saturated carbocycles. The van der Waals surface area contributed by atoms with E-state index >= 15 is 0 Å². The lowest BCUT2D eigenvalue weighted by Crippen LogP contribution is -2.26. The first-order valence-electron chi connectivity index (χ1n) is 5.59. The van der Waals surface area contributed by atoms with Gasteiger partial charge >= 0.3 is 0 Å². The van der Waals surface area contributed by atoms with Crippen molar-refractivity contribution < 1.29 is 4.79 Å². The number of rotatable bonds is 3. The molecule has 0 amide bonds. The molecule has 1 aromatic heterocycles. The molecule has 0 atom stereocenters. The summed E-state index contributed by atoms with van der Waals surface area (Å²) in [6.07, 6.45) is 5.38. The van der Waals surface area contributed by atoms with E-state index in [2.05, 4.69) is 22.9 Å². The van der Waals surface area contributed by atoms with Crippen LogP contribution in [0, 0.1) is 5.41 Å². The van der Waals surface area contributed by atoms with Crippen molar-refractivity contribution in [1.82, 2.24) is 0 Å². The molecule has 0 unspecified atom stereocenters. The van der Waals surface area contributed by atoms with Crippen molar-refractivity contribution in [2.75, 3.05) is 0 Å². The van der Waals surface area contributed by atoms with Crippen molar-refractivity contribution in [3.63, 3.8) is 0 Å². The van der Waals surface area contributed by atoms with Gasteiger partial charge in [-0.15, -0.1) is 11.3 Å². The summed E-state index contributed by atoms with van der Waals surface area (Å²) in [4.78, 5) is 13.3. The van der Waals surface area contributed by atoms with Crippen molar-refractivity contribution in [2.45, 2.75) is 39.0 Å². The Hall–Kier alpha value is 0.140. The predicted octanol–water partition coefficient (Wildman–Crippen LogP) is 5.32. The standard InChI is InChI=1S/C12H14BrClOS/c1-2-12(5-3-4-6-12)10(15)9-7-8(14)11(13)16-9/h7H,2-6H2,1H3. The Bertz CT molecular complexity index is 388. The third-order valence-corrected chi connectivity index (χ3v) is 6.06. The Labute approximate surface area is 113 Å². The third kappa shape index (κ3) is 2.09. The zero-order valence-electron chi connectivity index (χ0n) is 9.19. The first kappa shape index (κ1) is 12.6. The minimum Gasteiger partial charge on any atom is -0.293 e. The molecule has 1 heterocycles. The Morgan fingerprint density at radius 3 is 2.62 bits per heavy atom. The summed E-state index contributed by atoms with van der Waals surface area (Å²) >= 11 is 10.8. The van der Waals surface area contributed by atoms with Crippen LogP contribution in [-0.2, 0) is 0 Å². The number of halogens is 2. The summed E-state index contributed by atoms with van der Waals surface area (Å²) in [5, 5.41) is 0.651. The monoisotopic (exact) mass is 320 g/mol. The van der Waals surface area contributed by atoms with E-state index < -0.39 is 0 Å². The molecule has 1 fully saturated rings. The molecule has 0 saturated heterocycles. The van der Waals surface area contributed by atoms with Gasteiger partial charge in [-0.2, -0.15) is 0 Å². The Kier molecular flexibility index (Phi) is 3.77. The lowest BCUT2D eigenvalue weighted by molar-refractivity contribution is 0.0796. The number of ketones is 1. The molecule has 16 heavy (non-hydrogen) atoms. The smallest absolute Gasteiger partial charge is 0.178 e. The highest BCUT2D eigenvalue weighted by molar-refractivity contribution is 9.11. The van der Waals surface area contributed by atoms with Gasteiger partial charge < -0.3 is 0 Å². The van der Waals surface area contributed by atoms with E-state index in [4.69, 9.17) is 11.6 Å². The zero-order valence-corrected chi connectivity index (χ0v) is 12.3. The van der Waals surface area contributed by atoms with Gasteiger partial charge in [0, 0.05) is 5.41 Å². The number of hydrogen-bond donors (Lipinski definition) is 0. The van der Waals surface area contributed by atoms with Crippen LogP contribution in [0.5, 0.6) is 0 Å². The summed E-state index contributed by atoms with van der Waals surface area (Å²) in [5.41, 5.74) is -0.104. The molecular weight excluding hydrogens is 308 g/mol. The maximum atomic E-state index is 12.5. The van der Waals surface area contributed by atoms with Gasteiger partial charge in [-0.3, -0.25) is 4.79 Å². The molecule has 1 aliphatic rings. The number of hydrogen-bond acceptors (Lipinski definition) is 2. The molecule has 0 spiro atoms. The van der Waals surface area contributed by atoms with Crippen molar-refractivity contribution >= 4 is 44.7 Å². The molecule has 0 bridgehead atoms. The molecule has 0 N–H and O–H groups in total. The van der Waals surface area contributed by atoms with Crippen LogP contribution in [0.2, 0.25) is 5.02 Å². The van der Waals surface area contributed by atoms with Crippen LogP contribution in [0.4, 0.5) is 0 Å². The number of carbonyl (C=O) groups excluding carboxylic acids is 1. The summed E-state index contributed by atoms with van der Waals surface area (Å²) < 4.78 is 0.863. The Morgan fingerprint density at radius 2 is 2.19 bits per heavy atom. The quantitative estimate of drug-likeness (QED) is 0.689. The van der Waals surface area contributed by atoms with Gasteiger partial charge in [0.05, 0.1) is 13.7 Å². The van der Waals surface area contributed by atoms with E-state index in [9.17, 15) is 4.79 Å². The van der Waals surface area contributed by atoms with Crippen molar-refractivity contribution in [3.05, 3.63) is 19.8 Å². The molecule has 1 nitrogen and oxygen atoms in total. The normalized spacial score (nSPS) is 18.9. The van der Waals surface area contributed by atoms with Crippen LogP contribution in [-0.4, -0.2) is 5.78 Å². The summed E-state index contributed by atoms with van der Waals surface area (Å²) in [7, 11) is 0. The van der Waals surface area contributed by atoms with Crippen LogP contribution < -0.4 is 0 Å². The maximum absolute atomic E-state index is 12.5. The fraction of sp³-hybridized carbons (Fsp3) is 0.583. The second-order valence-electron chi connectivity index (χ2n) is 4.40. The van der Waals surface area contributed by atoms with Crippen LogP contribution >= 0.6 is 38.9 Å². The fourth-order valence-corrected chi connectivity index (χ4v) is 4.28.